The number of carboxylic acids is 2. The molecular weight excluding hydrogens is 961 g/mol. The first-order valence-electron chi connectivity index (χ1n) is 33.0. The van der Waals surface area contributed by atoms with Gasteiger partial charge in [-0.25, -0.2) is 0 Å². The maximum absolute atomic E-state index is 12.4. The summed E-state index contributed by atoms with van der Waals surface area (Å²) in [6.07, 6.45) is 64.1. The summed E-state index contributed by atoms with van der Waals surface area (Å²) in [5, 5.41) is 21.4. The number of unbranched alkanes of at least 4 members (excludes halogenated alkanes) is 42. The van der Waals surface area contributed by atoms with E-state index in [0.717, 1.165) is 77.0 Å². The van der Waals surface area contributed by atoms with Gasteiger partial charge in [0.05, 0.1) is 0 Å². The normalized spacial score (nSPS) is 11.9. The topological polar surface area (TPSA) is 133 Å². The second-order valence-corrected chi connectivity index (χ2v) is 22.7. The van der Waals surface area contributed by atoms with Crippen LogP contribution in [0.4, 0.5) is 0 Å². The minimum atomic E-state index is -0.991. The van der Waals surface area contributed by atoms with Crippen LogP contribution in [-0.2, 0) is 28.7 Å². The summed E-state index contributed by atoms with van der Waals surface area (Å²) < 4.78 is 11.7. The molecule has 0 radical (unpaired) electrons. The number of carbonyl (C=O) groups is 4. The van der Waals surface area contributed by atoms with E-state index in [0.29, 0.717) is 25.7 Å². The Morgan fingerprint density at radius 2 is 0.413 bits per heavy atom. The number of rotatable bonds is 60. The molecule has 0 N–H and O–H groups in total. The third-order valence-corrected chi connectivity index (χ3v) is 15.1. The average Bonchev–Trinajstić information content (AvgIpc) is 3.38. The smallest absolute Gasteiger partial charge is 0.550 e. The Hall–Kier alpha value is -0.860. The SMILES string of the molecule is CCCCCCCCCCCCCCC(=O)OC(CCCCCCCCCCCC)CCCCC(=O)[O-].CCCCCCCCCCCCCCC(=O)OC(CCCCCCCCCCCC)CCCCC(=O)[O-].[Ca+2]. The van der Waals surface area contributed by atoms with Crippen molar-refractivity contribution in [2.75, 3.05) is 0 Å². The molecule has 0 fully saturated rings. The van der Waals surface area contributed by atoms with Gasteiger partial charge in [-0.3, -0.25) is 9.59 Å². The molecule has 440 valence electrons. The van der Waals surface area contributed by atoms with Crippen LogP contribution >= 0.6 is 0 Å². The van der Waals surface area contributed by atoms with Crippen LogP contribution in [0.25, 0.3) is 0 Å². The van der Waals surface area contributed by atoms with Crippen LogP contribution in [0.2, 0.25) is 0 Å². The van der Waals surface area contributed by atoms with Crippen molar-refractivity contribution in [1.82, 2.24) is 0 Å². The quantitative estimate of drug-likeness (QED) is 0.0334. The first kappa shape index (κ1) is 78.4. The molecule has 0 aliphatic carbocycles. The van der Waals surface area contributed by atoms with E-state index >= 15 is 0 Å². The van der Waals surface area contributed by atoms with Crippen LogP contribution < -0.4 is 10.2 Å². The minimum Gasteiger partial charge on any atom is -0.550 e. The Kier molecular flexibility index (Phi) is 70.4. The zero-order valence-electron chi connectivity index (χ0n) is 50.7. The molecular formula is C66H126CaO8. The fraction of sp³-hybridized carbons (Fsp3) is 0.939. The third-order valence-electron chi connectivity index (χ3n) is 15.1. The van der Waals surface area contributed by atoms with E-state index < -0.39 is 11.9 Å². The summed E-state index contributed by atoms with van der Waals surface area (Å²) in [6, 6.07) is 0. The molecule has 0 aliphatic rings. The fourth-order valence-corrected chi connectivity index (χ4v) is 10.2. The largest absolute Gasteiger partial charge is 2.00 e. The van der Waals surface area contributed by atoms with Gasteiger partial charge in [0.15, 0.2) is 0 Å². The van der Waals surface area contributed by atoms with Gasteiger partial charge in [-0.05, 0) is 89.9 Å². The molecule has 0 heterocycles. The molecule has 0 bridgehead atoms. The van der Waals surface area contributed by atoms with Gasteiger partial charge in [0, 0.05) is 24.8 Å². The maximum Gasteiger partial charge on any atom is 2.00 e. The van der Waals surface area contributed by atoms with Crippen molar-refractivity contribution in [3.05, 3.63) is 0 Å². The number of carbonyl (C=O) groups excluding carboxylic acids is 4. The maximum atomic E-state index is 12.4. The summed E-state index contributed by atoms with van der Waals surface area (Å²) in [4.78, 5) is 46.2. The third kappa shape index (κ3) is 69.2. The molecule has 0 saturated heterocycles. The zero-order chi connectivity index (χ0) is 54.5. The van der Waals surface area contributed by atoms with Crippen LogP contribution in [-0.4, -0.2) is 73.8 Å². The van der Waals surface area contributed by atoms with E-state index in [1.165, 1.54) is 244 Å². The number of aliphatic carboxylic acids is 2. The Bertz CT molecular complexity index is 1080. The van der Waals surface area contributed by atoms with Crippen LogP contribution in [0, 0.1) is 0 Å². The van der Waals surface area contributed by atoms with E-state index in [2.05, 4.69) is 27.7 Å². The van der Waals surface area contributed by atoms with Crippen molar-refractivity contribution in [1.29, 1.82) is 0 Å². The Labute approximate surface area is 496 Å². The second-order valence-electron chi connectivity index (χ2n) is 22.7. The van der Waals surface area contributed by atoms with Gasteiger partial charge < -0.3 is 29.3 Å². The summed E-state index contributed by atoms with van der Waals surface area (Å²) in [7, 11) is 0. The molecule has 2 atom stereocenters. The van der Waals surface area contributed by atoms with E-state index in [4.69, 9.17) is 9.47 Å². The second kappa shape index (κ2) is 67.4. The molecule has 0 amide bonds. The first-order valence-corrected chi connectivity index (χ1v) is 33.0. The first-order chi connectivity index (χ1) is 36.2. The molecule has 2 unspecified atom stereocenters. The molecule has 0 aromatic rings. The van der Waals surface area contributed by atoms with Gasteiger partial charge in [0.25, 0.3) is 0 Å². The number of hydrogen-bond acceptors (Lipinski definition) is 8. The van der Waals surface area contributed by atoms with Gasteiger partial charge in [-0.2, -0.15) is 0 Å². The van der Waals surface area contributed by atoms with Crippen LogP contribution in [0.15, 0.2) is 0 Å². The van der Waals surface area contributed by atoms with Gasteiger partial charge in [0.1, 0.15) is 12.2 Å². The van der Waals surface area contributed by atoms with Crippen molar-refractivity contribution < 1.29 is 38.9 Å². The predicted octanol–water partition coefficient (Wildman–Crippen LogP) is 18.8. The molecule has 75 heavy (non-hydrogen) atoms. The molecule has 0 aromatic carbocycles. The number of ether oxygens (including phenoxy) is 2. The minimum absolute atomic E-state index is 0. The van der Waals surface area contributed by atoms with Crippen molar-refractivity contribution >= 4 is 61.6 Å². The van der Waals surface area contributed by atoms with E-state index in [1.54, 1.807) is 0 Å². The molecule has 0 rings (SSSR count). The summed E-state index contributed by atoms with van der Waals surface area (Å²) >= 11 is 0. The van der Waals surface area contributed by atoms with Gasteiger partial charge in [0.2, 0.25) is 0 Å². The summed E-state index contributed by atoms with van der Waals surface area (Å²) in [6.45, 7) is 9.04. The Morgan fingerprint density at radius 1 is 0.253 bits per heavy atom. The van der Waals surface area contributed by atoms with Gasteiger partial charge >= 0.3 is 49.7 Å². The fourth-order valence-electron chi connectivity index (χ4n) is 10.2. The van der Waals surface area contributed by atoms with Crippen molar-refractivity contribution in [2.45, 2.75) is 399 Å². The molecule has 8 nitrogen and oxygen atoms in total. The number of hydrogen-bond donors (Lipinski definition) is 0. The van der Waals surface area contributed by atoms with Crippen LogP contribution in [0.5, 0.6) is 0 Å². The molecule has 0 saturated carbocycles. The van der Waals surface area contributed by atoms with Crippen molar-refractivity contribution in [3.8, 4) is 0 Å². The van der Waals surface area contributed by atoms with E-state index in [9.17, 15) is 29.4 Å². The molecule has 9 heteroatoms. The molecule has 0 aromatic heterocycles. The zero-order valence-corrected chi connectivity index (χ0v) is 52.9. The van der Waals surface area contributed by atoms with Crippen molar-refractivity contribution in [3.63, 3.8) is 0 Å². The van der Waals surface area contributed by atoms with Crippen molar-refractivity contribution in [2.24, 2.45) is 0 Å². The molecule has 0 spiro atoms. The van der Waals surface area contributed by atoms with Crippen LogP contribution in [0.3, 0.4) is 0 Å². The Morgan fingerprint density at radius 3 is 0.613 bits per heavy atom. The summed E-state index contributed by atoms with van der Waals surface area (Å²) in [5.41, 5.74) is 0. The average molecular weight is 1090 g/mol. The predicted molar refractivity (Wildman–Crippen MR) is 317 cm³/mol. The standard InChI is InChI=1S/2C33H64O4.Ca/c2*1-3-5-7-9-11-13-15-16-18-20-22-24-30-33(36)37-31(28-25-26-29-32(34)35)27-23-21-19-17-14-12-10-8-6-4-2;/h2*31H,3-30H2,1-2H3,(H,34,35);/q;;+2/p-2. The van der Waals surface area contributed by atoms with E-state index in [1.807, 2.05) is 0 Å². The summed E-state index contributed by atoms with van der Waals surface area (Å²) in [5.74, 6) is -2.11. The number of carboxylic acid groups (broad SMARTS) is 2. The van der Waals surface area contributed by atoms with Gasteiger partial charge in [-0.15, -0.1) is 0 Å². The Balaban J connectivity index is -0.00000136. The van der Waals surface area contributed by atoms with Crippen LogP contribution in [0.1, 0.15) is 387 Å². The molecule has 0 aliphatic heterocycles. The monoisotopic (exact) mass is 1090 g/mol. The van der Waals surface area contributed by atoms with E-state index in [-0.39, 0.29) is 74.7 Å². The number of esters is 2. The van der Waals surface area contributed by atoms with Gasteiger partial charge in [-0.1, -0.05) is 285 Å².